The lowest BCUT2D eigenvalue weighted by Gasteiger charge is -2.23. The van der Waals surface area contributed by atoms with Crippen molar-refractivity contribution in [1.29, 1.82) is 0 Å². The number of rotatable bonds is 3. The number of aryl methyl sites for hydroxylation is 1. The first-order valence-electron chi connectivity index (χ1n) is 4.82. The Morgan fingerprint density at radius 1 is 1.60 bits per heavy atom. The Labute approximate surface area is 88.2 Å². The molecule has 1 rings (SSSR count). The molecule has 1 atom stereocenters. The molecule has 0 fully saturated rings. The molecular weight excluding hydrogens is 194 g/mol. The Hall–Kier alpha value is -1.58. The van der Waals surface area contributed by atoms with Gasteiger partial charge in [0.05, 0.1) is 5.41 Å². The zero-order valence-electron chi connectivity index (χ0n) is 9.15. The Kier molecular flexibility index (Phi) is 2.98. The van der Waals surface area contributed by atoms with E-state index in [9.17, 15) is 9.59 Å². The number of pyridine rings is 1. The normalized spacial score (nSPS) is 14.6. The van der Waals surface area contributed by atoms with E-state index in [1.165, 1.54) is 10.6 Å². The number of nitrogens with zero attached hydrogens (tertiary/aromatic N) is 1. The summed E-state index contributed by atoms with van der Waals surface area (Å²) in [5.41, 5.74) is -0.609. The molecule has 0 saturated carbocycles. The van der Waals surface area contributed by atoms with Gasteiger partial charge >= 0.3 is 5.97 Å². The van der Waals surface area contributed by atoms with Crippen molar-refractivity contribution in [2.24, 2.45) is 7.05 Å². The summed E-state index contributed by atoms with van der Waals surface area (Å²) >= 11 is 0. The van der Waals surface area contributed by atoms with Gasteiger partial charge in [0.1, 0.15) is 0 Å². The third-order valence-corrected chi connectivity index (χ3v) is 2.92. The fourth-order valence-corrected chi connectivity index (χ4v) is 1.37. The van der Waals surface area contributed by atoms with Crippen LogP contribution in [0.25, 0.3) is 0 Å². The Balaban J connectivity index is 3.31. The number of aromatic nitrogens is 1. The van der Waals surface area contributed by atoms with Crippen molar-refractivity contribution in [2.45, 2.75) is 25.7 Å². The molecule has 0 aliphatic heterocycles. The van der Waals surface area contributed by atoms with Gasteiger partial charge in [-0.2, -0.15) is 0 Å². The van der Waals surface area contributed by atoms with E-state index in [2.05, 4.69) is 0 Å². The lowest BCUT2D eigenvalue weighted by Crippen LogP contribution is -2.33. The molecule has 1 unspecified atom stereocenters. The quantitative estimate of drug-likeness (QED) is 0.812. The largest absolute Gasteiger partial charge is 0.481 e. The highest BCUT2D eigenvalue weighted by Crippen LogP contribution is 2.26. The van der Waals surface area contributed by atoms with Crippen molar-refractivity contribution < 1.29 is 9.90 Å². The standard InChI is InChI=1S/C11H15NO3/c1-4-11(2,10(14)15)8-5-6-12(3)9(13)7-8/h5-7H,4H2,1-3H3,(H,14,15). The zero-order chi connectivity index (χ0) is 11.6. The fourth-order valence-electron chi connectivity index (χ4n) is 1.37. The van der Waals surface area contributed by atoms with Crippen molar-refractivity contribution in [3.05, 3.63) is 34.2 Å². The van der Waals surface area contributed by atoms with Crippen LogP contribution < -0.4 is 5.56 Å². The van der Waals surface area contributed by atoms with Gasteiger partial charge in [0.25, 0.3) is 5.56 Å². The minimum Gasteiger partial charge on any atom is -0.481 e. The van der Waals surface area contributed by atoms with Gasteiger partial charge in [-0.05, 0) is 25.0 Å². The van der Waals surface area contributed by atoms with Crippen LogP contribution in [0.2, 0.25) is 0 Å². The molecule has 1 heterocycles. The van der Waals surface area contributed by atoms with Crippen molar-refractivity contribution in [3.8, 4) is 0 Å². The molecule has 82 valence electrons. The third kappa shape index (κ3) is 1.93. The second-order valence-electron chi connectivity index (χ2n) is 3.86. The van der Waals surface area contributed by atoms with Crippen LogP contribution in [0.1, 0.15) is 25.8 Å². The fraction of sp³-hybridized carbons (Fsp3) is 0.455. The van der Waals surface area contributed by atoms with Gasteiger partial charge in [-0.15, -0.1) is 0 Å². The second kappa shape index (κ2) is 3.88. The van der Waals surface area contributed by atoms with Gasteiger partial charge in [-0.25, -0.2) is 0 Å². The van der Waals surface area contributed by atoms with Crippen LogP contribution in [-0.4, -0.2) is 15.6 Å². The summed E-state index contributed by atoms with van der Waals surface area (Å²) in [6.07, 6.45) is 2.05. The van der Waals surface area contributed by atoms with Gasteiger partial charge in [0.15, 0.2) is 0 Å². The number of hydrogen-bond donors (Lipinski definition) is 1. The first-order valence-corrected chi connectivity index (χ1v) is 4.82. The van der Waals surface area contributed by atoms with Crippen molar-refractivity contribution in [1.82, 2.24) is 4.57 Å². The van der Waals surface area contributed by atoms with Crippen molar-refractivity contribution in [3.63, 3.8) is 0 Å². The smallest absolute Gasteiger partial charge is 0.313 e. The number of aliphatic carboxylic acids is 1. The Morgan fingerprint density at radius 2 is 2.20 bits per heavy atom. The maximum atomic E-state index is 11.4. The Morgan fingerprint density at radius 3 is 2.60 bits per heavy atom. The van der Waals surface area contributed by atoms with Crippen LogP contribution in [-0.2, 0) is 17.3 Å². The lowest BCUT2D eigenvalue weighted by molar-refractivity contribution is -0.143. The van der Waals surface area contributed by atoms with Crippen LogP contribution in [0.3, 0.4) is 0 Å². The predicted molar refractivity (Wildman–Crippen MR) is 57.0 cm³/mol. The number of hydrogen-bond acceptors (Lipinski definition) is 2. The summed E-state index contributed by atoms with van der Waals surface area (Å²) in [7, 11) is 1.64. The highest BCUT2D eigenvalue weighted by molar-refractivity contribution is 5.80. The molecule has 1 N–H and O–H groups in total. The summed E-state index contributed by atoms with van der Waals surface area (Å²) < 4.78 is 1.42. The topological polar surface area (TPSA) is 59.3 Å². The molecule has 4 heteroatoms. The third-order valence-electron chi connectivity index (χ3n) is 2.92. The molecule has 0 bridgehead atoms. The summed E-state index contributed by atoms with van der Waals surface area (Å²) in [5.74, 6) is -0.904. The van der Waals surface area contributed by atoms with Gasteiger partial charge in [-0.1, -0.05) is 6.92 Å². The molecule has 15 heavy (non-hydrogen) atoms. The van der Waals surface area contributed by atoms with Crippen molar-refractivity contribution in [2.75, 3.05) is 0 Å². The predicted octanol–water partition coefficient (Wildman–Crippen LogP) is 1.14. The summed E-state index contributed by atoms with van der Waals surface area (Å²) in [5, 5.41) is 9.14. The van der Waals surface area contributed by atoms with Gasteiger partial charge in [0.2, 0.25) is 0 Å². The van der Waals surface area contributed by atoms with Crippen LogP contribution in [0.15, 0.2) is 23.1 Å². The van der Waals surface area contributed by atoms with Crippen LogP contribution >= 0.6 is 0 Å². The molecular formula is C11H15NO3. The lowest BCUT2D eigenvalue weighted by atomic mass is 9.81. The summed E-state index contributed by atoms with van der Waals surface area (Å²) in [4.78, 5) is 22.5. The average molecular weight is 209 g/mol. The molecule has 0 aliphatic carbocycles. The van der Waals surface area contributed by atoms with E-state index in [1.54, 1.807) is 33.2 Å². The SMILES string of the molecule is CCC(C)(C(=O)O)c1ccn(C)c(=O)c1. The maximum absolute atomic E-state index is 11.4. The van der Waals surface area contributed by atoms with Gasteiger partial charge in [0, 0.05) is 19.3 Å². The van der Waals surface area contributed by atoms with E-state index < -0.39 is 11.4 Å². The number of carbonyl (C=O) groups is 1. The summed E-state index contributed by atoms with van der Waals surface area (Å²) in [6, 6.07) is 3.07. The molecule has 0 spiro atoms. The highest BCUT2D eigenvalue weighted by atomic mass is 16.4. The first-order chi connectivity index (χ1) is 6.91. The van der Waals surface area contributed by atoms with Crippen LogP contribution in [0.4, 0.5) is 0 Å². The van der Waals surface area contributed by atoms with Crippen LogP contribution in [0, 0.1) is 0 Å². The molecule has 0 radical (unpaired) electrons. The highest BCUT2D eigenvalue weighted by Gasteiger charge is 2.33. The monoisotopic (exact) mass is 209 g/mol. The first kappa shape index (κ1) is 11.5. The second-order valence-corrected chi connectivity index (χ2v) is 3.86. The van der Waals surface area contributed by atoms with Crippen molar-refractivity contribution >= 4 is 5.97 Å². The minimum atomic E-state index is -0.979. The van der Waals surface area contributed by atoms with Crippen LogP contribution in [0.5, 0.6) is 0 Å². The molecule has 0 aromatic carbocycles. The van der Waals surface area contributed by atoms with E-state index in [1.807, 2.05) is 0 Å². The summed E-state index contributed by atoms with van der Waals surface area (Å²) in [6.45, 7) is 3.43. The molecule has 0 amide bonds. The van der Waals surface area contributed by atoms with Gasteiger partial charge < -0.3 is 9.67 Å². The zero-order valence-corrected chi connectivity index (χ0v) is 9.15. The van der Waals surface area contributed by atoms with E-state index in [4.69, 9.17) is 5.11 Å². The van der Waals surface area contributed by atoms with E-state index in [0.717, 1.165) is 0 Å². The maximum Gasteiger partial charge on any atom is 0.313 e. The number of carboxylic acid groups (broad SMARTS) is 1. The van der Waals surface area contributed by atoms with Gasteiger partial charge in [-0.3, -0.25) is 9.59 Å². The molecule has 4 nitrogen and oxygen atoms in total. The van der Waals surface area contributed by atoms with E-state index in [0.29, 0.717) is 12.0 Å². The minimum absolute atomic E-state index is 0.187. The molecule has 1 aromatic rings. The Bertz CT molecular complexity index is 436. The van der Waals surface area contributed by atoms with E-state index >= 15 is 0 Å². The van der Waals surface area contributed by atoms with E-state index in [-0.39, 0.29) is 5.56 Å². The number of carboxylic acids is 1. The average Bonchev–Trinajstić information content (AvgIpc) is 2.20. The molecule has 0 aliphatic rings. The molecule has 0 saturated heterocycles. The molecule has 1 aromatic heterocycles.